The van der Waals surface area contributed by atoms with E-state index in [0.717, 1.165) is 55.2 Å². The molecule has 39 heavy (non-hydrogen) atoms. The van der Waals surface area contributed by atoms with Crippen LogP contribution in [-0.4, -0.2) is 54.9 Å². The summed E-state index contributed by atoms with van der Waals surface area (Å²) in [6, 6.07) is 2.60. The van der Waals surface area contributed by atoms with Gasteiger partial charge in [-0.05, 0) is 51.3 Å². The van der Waals surface area contributed by atoms with Gasteiger partial charge in [0.15, 0.2) is 23.1 Å². The summed E-state index contributed by atoms with van der Waals surface area (Å²) in [5.41, 5.74) is 1.47. The van der Waals surface area contributed by atoms with E-state index in [1.54, 1.807) is 12.3 Å². The summed E-state index contributed by atoms with van der Waals surface area (Å²) in [5.74, 6) is -2.88. The molecule has 0 radical (unpaired) electrons. The van der Waals surface area contributed by atoms with Gasteiger partial charge in [-0.3, -0.25) is 4.72 Å². The van der Waals surface area contributed by atoms with Gasteiger partial charge in [0.1, 0.15) is 5.75 Å². The molecule has 1 fully saturated rings. The summed E-state index contributed by atoms with van der Waals surface area (Å²) in [4.78, 5) is 14.3. The number of alkyl halides is 3. The van der Waals surface area contributed by atoms with E-state index in [-0.39, 0.29) is 5.75 Å². The molecule has 3 N–H and O–H groups in total. The van der Waals surface area contributed by atoms with Crippen LogP contribution in [0.3, 0.4) is 0 Å². The first-order valence-corrected chi connectivity index (χ1v) is 14.7. The number of halogens is 4. The van der Waals surface area contributed by atoms with E-state index in [0.29, 0.717) is 34.6 Å². The number of hydrogen-bond donors (Lipinski definition) is 3. The summed E-state index contributed by atoms with van der Waals surface area (Å²) in [6.45, 7) is 6.55. The van der Waals surface area contributed by atoms with Crippen LogP contribution >= 0.6 is 11.3 Å². The average Bonchev–Trinajstić information content (AvgIpc) is 3.18. The van der Waals surface area contributed by atoms with E-state index >= 15 is 0 Å². The van der Waals surface area contributed by atoms with Crippen molar-refractivity contribution in [2.45, 2.75) is 39.3 Å². The molecule has 0 spiro atoms. The van der Waals surface area contributed by atoms with Crippen molar-refractivity contribution in [3.05, 3.63) is 40.8 Å². The monoisotopic (exact) mass is 588 g/mol. The molecule has 1 saturated heterocycles. The first kappa shape index (κ1) is 29.0. The fourth-order valence-electron chi connectivity index (χ4n) is 4.22. The van der Waals surface area contributed by atoms with Gasteiger partial charge < -0.3 is 15.4 Å². The van der Waals surface area contributed by atoms with Crippen LogP contribution in [0.1, 0.15) is 30.2 Å². The standard InChI is InChI=1S/C24H28F4N6O3S2/c1-3-17-14(2)38-21(19-6-8-30-23(33-19)32-11-15-5-4-7-29-10-15)20(17)37-16-9-18(25)22(31-12-16)34-39(35,36)13-24(26,27)28/h6,8-9,12,15,29H,3-5,7,10-11,13H2,1-2H3,(H,31,34)(H,30,32,33)/t15-/m0/s1. The lowest BCUT2D eigenvalue weighted by Gasteiger charge is -2.22. The molecule has 1 atom stereocenters. The maximum Gasteiger partial charge on any atom is 0.404 e. The Kier molecular flexibility index (Phi) is 8.91. The maximum atomic E-state index is 14.6. The Morgan fingerprint density at radius 2 is 2.08 bits per heavy atom. The zero-order valence-corrected chi connectivity index (χ0v) is 22.9. The van der Waals surface area contributed by atoms with E-state index in [1.165, 1.54) is 16.1 Å². The van der Waals surface area contributed by atoms with Crippen molar-refractivity contribution in [2.24, 2.45) is 5.92 Å². The van der Waals surface area contributed by atoms with Crippen LogP contribution in [0.5, 0.6) is 11.5 Å². The minimum atomic E-state index is -4.99. The second kappa shape index (κ2) is 12.0. The molecule has 0 saturated carbocycles. The van der Waals surface area contributed by atoms with Crippen molar-refractivity contribution in [3.63, 3.8) is 0 Å². The highest BCUT2D eigenvalue weighted by molar-refractivity contribution is 7.92. The fraction of sp³-hybridized carbons (Fsp3) is 0.458. The molecule has 3 aromatic heterocycles. The van der Waals surface area contributed by atoms with Gasteiger partial charge in [0.2, 0.25) is 16.0 Å². The van der Waals surface area contributed by atoms with Crippen molar-refractivity contribution in [3.8, 4) is 22.1 Å². The van der Waals surface area contributed by atoms with Gasteiger partial charge in [0.05, 0.1) is 16.8 Å². The molecule has 0 aromatic carbocycles. The van der Waals surface area contributed by atoms with Gasteiger partial charge in [0.25, 0.3) is 0 Å². The second-order valence-corrected chi connectivity index (χ2v) is 12.0. The van der Waals surface area contributed by atoms with Crippen LogP contribution in [0.25, 0.3) is 10.6 Å². The molecule has 1 aliphatic rings. The van der Waals surface area contributed by atoms with Crippen molar-refractivity contribution in [2.75, 3.05) is 35.4 Å². The van der Waals surface area contributed by atoms with Crippen LogP contribution in [0, 0.1) is 18.7 Å². The SMILES string of the molecule is CCc1c(C)sc(-c2ccnc(NC[C@H]3CCCNC3)n2)c1Oc1cnc(NS(=O)(=O)CC(F)(F)F)c(F)c1. The highest BCUT2D eigenvalue weighted by atomic mass is 32.2. The predicted molar refractivity (Wildman–Crippen MR) is 141 cm³/mol. The van der Waals surface area contributed by atoms with Gasteiger partial charge in [-0.1, -0.05) is 6.92 Å². The lowest BCUT2D eigenvalue weighted by molar-refractivity contribution is -0.106. The molecule has 15 heteroatoms. The van der Waals surface area contributed by atoms with Crippen LogP contribution in [0.4, 0.5) is 29.3 Å². The number of aromatic nitrogens is 3. The maximum absolute atomic E-state index is 14.6. The summed E-state index contributed by atoms with van der Waals surface area (Å²) < 4.78 is 83.1. The van der Waals surface area contributed by atoms with Crippen molar-refractivity contribution >= 4 is 33.1 Å². The number of thiophene rings is 1. The normalized spacial score (nSPS) is 16.2. The highest BCUT2D eigenvalue weighted by Gasteiger charge is 2.35. The molecule has 4 rings (SSSR count). The minimum Gasteiger partial charge on any atom is -0.454 e. The molecule has 0 unspecified atom stereocenters. The van der Waals surface area contributed by atoms with Gasteiger partial charge in [-0.25, -0.2) is 27.8 Å². The molecule has 3 aromatic rings. The third-order valence-electron chi connectivity index (χ3n) is 5.99. The number of sulfonamides is 1. The third-order valence-corrected chi connectivity index (χ3v) is 8.35. The molecule has 212 valence electrons. The average molecular weight is 589 g/mol. The van der Waals surface area contributed by atoms with Gasteiger partial charge >= 0.3 is 6.18 Å². The number of hydrogen-bond acceptors (Lipinski definition) is 9. The van der Waals surface area contributed by atoms with Crippen LogP contribution in [0.15, 0.2) is 24.5 Å². The molecule has 9 nitrogen and oxygen atoms in total. The number of nitrogens with zero attached hydrogens (tertiary/aromatic N) is 3. The Labute approximate surface area is 227 Å². The zero-order chi connectivity index (χ0) is 28.2. The zero-order valence-electron chi connectivity index (χ0n) is 21.2. The molecule has 0 aliphatic carbocycles. The topological polar surface area (TPSA) is 118 Å². The van der Waals surface area contributed by atoms with Crippen molar-refractivity contribution in [1.29, 1.82) is 0 Å². The van der Waals surface area contributed by atoms with E-state index < -0.39 is 33.6 Å². The van der Waals surface area contributed by atoms with E-state index in [4.69, 9.17) is 4.74 Å². The van der Waals surface area contributed by atoms with Crippen LogP contribution in [0.2, 0.25) is 0 Å². The number of ether oxygens (including phenoxy) is 1. The Hall–Kier alpha value is -3.04. The molecule has 0 bridgehead atoms. The highest BCUT2D eigenvalue weighted by Crippen LogP contribution is 2.44. The molecule has 4 heterocycles. The van der Waals surface area contributed by atoms with Crippen molar-refractivity contribution in [1.82, 2.24) is 20.3 Å². The number of piperidine rings is 1. The number of pyridine rings is 1. The van der Waals surface area contributed by atoms with Gasteiger partial charge in [-0.2, -0.15) is 13.2 Å². The first-order valence-electron chi connectivity index (χ1n) is 12.2. The molecular formula is C24H28F4N6O3S2. The Morgan fingerprint density at radius 3 is 2.74 bits per heavy atom. The molecule has 0 amide bonds. The third kappa shape index (κ3) is 7.76. The van der Waals surface area contributed by atoms with Crippen molar-refractivity contribution < 1.29 is 30.7 Å². The number of anilines is 2. The van der Waals surface area contributed by atoms with E-state index in [2.05, 4.69) is 25.6 Å². The quantitative estimate of drug-likeness (QED) is 0.280. The van der Waals surface area contributed by atoms with Crippen LogP contribution in [-0.2, 0) is 16.4 Å². The lowest BCUT2D eigenvalue weighted by Crippen LogP contribution is -2.33. The van der Waals surface area contributed by atoms with E-state index in [9.17, 15) is 26.0 Å². The molecular weight excluding hydrogens is 560 g/mol. The lowest BCUT2D eigenvalue weighted by atomic mass is 10.00. The minimum absolute atomic E-state index is 0.0581. The number of rotatable bonds is 10. The van der Waals surface area contributed by atoms with Gasteiger partial charge in [-0.15, -0.1) is 11.3 Å². The summed E-state index contributed by atoms with van der Waals surface area (Å²) >= 11 is 1.45. The van der Waals surface area contributed by atoms with Crippen LogP contribution < -0.4 is 20.1 Å². The summed E-state index contributed by atoms with van der Waals surface area (Å²) in [6.07, 6.45) is 0.534. The Morgan fingerprint density at radius 1 is 1.28 bits per heavy atom. The second-order valence-electron chi connectivity index (χ2n) is 9.09. The predicted octanol–water partition coefficient (Wildman–Crippen LogP) is 5.12. The van der Waals surface area contributed by atoms with E-state index in [1.807, 2.05) is 13.8 Å². The van der Waals surface area contributed by atoms with Gasteiger partial charge in [0, 0.05) is 29.2 Å². The fourth-order valence-corrected chi connectivity index (χ4v) is 6.31. The Balaban J connectivity index is 1.56. The smallest absolute Gasteiger partial charge is 0.404 e. The summed E-state index contributed by atoms with van der Waals surface area (Å²) in [5, 5.41) is 6.67. The number of aryl methyl sites for hydroxylation is 1. The largest absolute Gasteiger partial charge is 0.454 e. The molecule has 1 aliphatic heterocycles. The first-order chi connectivity index (χ1) is 18.4. The summed E-state index contributed by atoms with van der Waals surface area (Å²) in [7, 11) is -4.89. The Bertz CT molecular complexity index is 1410. The number of nitrogens with one attached hydrogen (secondary N) is 3.